The van der Waals surface area contributed by atoms with E-state index in [1.165, 1.54) is 11.3 Å². The van der Waals surface area contributed by atoms with E-state index in [1.54, 1.807) is 4.90 Å². The third-order valence-electron chi connectivity index (χ3n) is 5.13. The van der Waals surface area contributed by atoms with Crippen LogP contribution < -0.4 is 10.1 Å². The van der Waals surface area contributed by atoms with Gasteiger partial charge in [-0.1, -0.05) is 6.07 Å². The number of likely N-dealkylation sites (tertiary alicyclic amines) is 1. The Morgan fingerprint density at radius 2 is 2.19 bits per heavy atom. The van der Waals surface area contributed by atoms with Crippen molar-refractivity contribution in [3.8, 4) is 5.75 Å². The number of hydrogen-bond acceptors (Lipinski definition) is 5. The molecule has 1 saturated heterocycles. The van der Waals surface area contributed by atoms with Crippen LogP contribution >= 0.6 is 11.3 Å². The molecular weight excluding hydrogens is 364 g/mol. The molecule has 4 rings (SSSR count). The molecule has 2 N–H and O–H groups in total. The predicted molar refractivity (Wildman–Crippen MR) is 103 cm³/mol. The summed E-state index contributed by atoms with van der Waals surface area (Å²) < 4.78 is 5.97. The molecule has 2 amide bonds. The lowest BCUT2D eigenvalue weighted by Crippen LogP contribution is -2.51. The average Bonchev–Trinajstić information content (AvgIpc) is 3.08. The largest absolute Gasteiger partial charge is 0.488 e. The normalized spacial score (nSPS) is 22.1. The number of fused-ring (bicyclic) bond motifs is 1. The van der Waals surface area contributed by atoms with Gasteiger partial charge in [-0.15, -0.1) is 11.3 Å². The summed E-state index contributed by atoms with van der Waals surface area (Å²) in [5.41, 5.74) is 2.84. The molecule has 2 aliphatic rings. The Kier molecular flexibility index (Phi) is 4.88. The van der Waals surface area contributed by atoms with Gasteiger partial charge in [0.05, 0.1) is 11.4 Å². The second-order valence-corrected chi connectivity index (χ2v) is 7.98. The number of aliphatic hydroxyl groups is 1. The number of ether oxygens (including phenoxy) is 1. The van der Waals surface area contributed by atoms with Gasteiger partial charge in [-0.3, -0.25) is 9.59 Å². The average molecular weight is 386 g/mol. The summed E-state index contributed by atoms with van der Waals surface area (Å²) in [5, 5.41) is 15.3. The summed E-state index contributed by atoms with van der Waals surface area (Å²) in [6.07, 6.45) is 0.653. The summed E-state index contributed by atoms with van der Waals surface area (Å²) in [7, 11) is 0. The maximum atomic E-state index is 12.6. The molecule has 0 aliphatic carbocycles. The Morgan fingerprint density at radius 3 is 2.93 bits per heavy atom. The van der Waals surface area contributed by atoms with E-state index in [1.807, 2.05) is 36.6 Å². The number of carbonyl (C=O) groups excluding carboxylic acids is 2. The maximum Gasteiger partial charge on any atom is 0.264 e. The molecule has 1 fully saturated rings. The molecule has 142 valence electrons. The molecule has 0 saturated carbocycles. The lowest BCUT2D eigenvalue weighted by atomic mass is 10.0. The molecule has 2 aromatic rings. The van der Waals surface area contributed by atoms with Crippen LogP contribution in [0, 0.1) is 6.92 Å². The monoisotopic (exact) mass is 386 g/mol. The molecule has 6 nitrogen and oxygen atoms in total. The van der Waals surface area contributed by atoms with Gasteiger partial charge in [0.25, 0.3) is 5.91 Å². The van der Waals surface area contributed by atoms with E-state index in [9.17, 15) is 14.7 Å². The number of amides is 2. The zero-order valence-corrected chi connectivity index (χ0v) is 15.9. The molecule has 1 aromatic heterocycles. The Hall–Kier alpha value is -2.38. The molecule has 0 radical (unpaired) electrons. The van der Waals surface area contributed by atoms with Crippen molar-refractivity contribution in [3.05, 3.63) is 45.6 Å². The number of aryl methyl sites for hydroxylation is 2. The minimum Gasteiger partial charge on any atom is -0.488 e. The minimum absolute atomic E-state index is 0.00961. The first kappa shape index (κ1) is 18.0. The Balaban J connectivity index is 1.41. The second-order valence-electron chi connectivity index (χ2n) is 7.06. The number of rotatable bonds is 3. The van der Waals surface area contributed by atoms with E-state index < -0.39 is 6.10 Å². The van der Waals surface area contributed by atoms with Gasteiger partial charge in [0.2, 0.25) is 5.91 Å². The highest BCUT2D eigenvalue weighted by atomic mass is 32.1. The molecule has 2 aliphatic heterocycles. The molecule has 0 spiro atoms. The number of benzene rings is 1. The third kappa shape index (κ3) is 3.70. The van der Waals surface area contributed by atoms with E-state index in [4.69, 9.17) is 4.74 Å². The Morgan fingerprint density at radius 1 is 1.33 bits per heavy atom. The number of carbonyl (C=O) groups is 2. The highest BCUT2D eigenvalue weighted by Crippen LogP contribution is 2.29. The minimum atomic E-state index is -0.756. The molecule has 7 heteroatoms. The first-order valence-corrected chi connectivity index (χ1v) is 10.00. The standard InChI is InChI=1S/C20H22N2O4S/c1-12-7-9-27-19(12)20(25)22-8-6-17(16(23)11-22)26-14-4-2-13-3-5-18(24)21-15(13)10-14/h2,4,7,9-10,16-17,23H,3,5-6,8,11H2,1H3,(H,21,24)/t16-,17-/m1/s1. The van der Waals surface area contributed by atoms with Gasteiger partial charge in [0, 0.05) is 31.1 Å². The van der Waals surface area contributed by atoms with E-state index in [0.717, 1.165) is 28.1 Å². The summed E-state index contributed by atoms with van der Waals surface area (Å²) >= 11 is 1.43. The second kappa shape index (κ2) is 7.32. The number of anilines is 1. The fourth-order valence-corrected chi connectivity index (χ4v) is 4.46. The van der Waals surface area contributed by atoms with Gasteiger partial charge in [0.1, 0.15) is 18.0 Å². The number of hydrogen-bond donors (Lipinski definition) is 2. The van der Waals surface area contributed by atoms with E-state index in [-0.39, 0.29) is 24.5 Å². The Bertz CT molecular complexity index is 879. The lowest BCUT2D eigenvalue weighted by Gasteiger charge is -2.36. The quantitative estimate of drug-likeness (QED) is 0.850. The van der Waals surface area contributed by atoms with Crippen molar-refractivity contribution in [2.45, 2.75) is 38.4 Å². The van der Waals surface area contributed by atoms with Crippen LogP contribution in [0.15, 0.2) is 29.6 Å². The van der Waals surface area contributed by atoms with Gasteiger partial charge in [-0.25, -0.2) is 0 Å². The maximum absolute atomic E-state index is 12.6. The third-order valence-corrected chi connectivity index (χ3v) is 6.13. The van der Waals surface area contributed by atoms with Crippen LogP contribution in [0.5, 0.6) is 5.75 Å². The van der Waals surface area contributed by atoms with Crippen molar-refractivity contribution in [1.82, 2.24) is 4.90 Å². The van der Waals surface area contributed by atoms with E-state index in [2.05, 4.69) is 5.32 Å². The van der Waals surface area contributed by atoms with Crippen molar-refractivity contribution in [1.29, 1.82) is 0 Å². The van der Waals surface area contributed by atoms with Crippen molar-refractivity contribution in [3.63, 3.8) is 0 Å². The van der Waals surface area contributed by atoms with Crippen LogP contribution in [-0.2, 0) is 11.2 Å². The molecule has 3 heterocycles. The molecule has 27 heavy (non-hydrogen) atoms. The number of β-amino-alcohol motifs (C(OH)–C–C–N with tert-alkyl or cyclic N) is 1. The number of thiophene rings is 1. The molecule has 0 bridgehead atoms. The van der Waals surface area contributed by atoms with Gasteiger partial charge < -0.3 is 20.1 Å². The number of aliphatic hydroxyl groups excluding tert-OH is 1. The van der Waals surface area contributed by atoms with Gasteiger partial charge in [-0.2, -0.15) is 0 Å². The molecule has 0 unspecified atom stereocenters. The molecular formula is C20H22N2O4S. The summed E-state index contributed by atoms with van der Waals surface area (Å²) in [6, 6.07) is 7.56. The SMILES string of the molecule is Cc1ccsc1C(=O)N1CC[C@@H](Oc2ccc3c(c2)NC(=O)CC3)[C@H](O)C1. The van der Waals surface area contributed by atoms with Gasteiger partial charge in [0.15, 0.2) is 0 Å². The van der Waals surface area contributed by atoms with Crippen LogP contribution in [-0.4, -0.2) is 47.1 Å². The first-order valence-electron chi connectivity index (χ1n) is 9.12. The smallest absolute Gasteiger partial charge is 0.264 e. The van der Waals surface area contributed by atoms with Crippen molar-refractivity contribution >= 4 is 28.8 Å². The number of piperidine rings is 1. The summed E-state index contributed by atoms with van der Waals surface area (Å²) in [4.78, 5) is 26.6. The molecule has 2 atom stereocenters. The number of nitrogens with one attached hydrogen (secondary N) is 1. The van der Waals surface area contributed by atoms with Gasteiger partial charge in [-0.05, 0) is 42.0 Å². The van der Waals surface area contributed by atoms with Crippen molar-refractivity contribution < 1.29 is 19.4 Å². The topological polar surface area (TPSA) is 78.9 Å². The van der Waals surface area contributed by atoms with Crippen LogP contribution in [0.2, 0.25) is 0 Å². The summed E-state index contributed by atoms with van der Waals surface area (Å²) in [5.74, 6) is 0.598. The first-order chi connectivity index (χ1) is 13.0. The number of nitrogens with zero attached hydrogens (tertiary/aromatic N) is 1. The highest BCUT2D eigenvalue weighted by molar-refractivity contribution is 7.12. The van der Waals surface area contributed by atoms with Crippen molar-refractivity contribution in [2.75, 3.05) is 18.4 Å². The summed E-state index contributed by atoms with van der Waals surface area (Å²) in [6.45, 7) is 2.72. The predicted octanol–water partition coefficient (Wildman–Crippen LogP) is 2.60. The zero-order valence-electron chi connectivity index (χ0n) is 15.1. The van der Waals surface area contributed by atoms with Crippen LogP contribution in [0.1, 0.15) is 33.6 Å². The van der Waals surface area contributed by atoms with E-state index in [0.29, 0.717) is 25.1 Å². The fraction of sp³-hybridized carbons (Fsp3) is 0.400. The van der Waals surface area contributed by atoms with Crippen molar-refractivity contribution in [2.24, 2.45) is 0 Å². The van der Waals surface area contributed by atoms with Crippen LogP contribution in [0.25, 0.3) is 0 Å². The van der Waals surface area contributed by atoms with Gasteiger partial charge >= 0.3 is 0 Å². The van der Waals surface area contributed by atoms with Crippen LogP contribution in [0.4, 0.5) is 5.69 Å². The Labute approximate surface area is 161 Å². The highest BCUT2D eigenvalue weighted by Gasteiger charge is 2.33. The van der Waals surface area contributed by atoms with Crippen LogP contribution in [0.3, 0.4) is 0 Å². The van der Waals surface area contributed by atoms with E-state index >= 15 is 0 Å². The molecule has 1 aromatic carbocycles. The zero-order chi connectivity index (χ0) is 19.0. The lowest BCUT2D eigenvalue weighted by molar-refractivity contribution is -0.116. The fourth-order valence-electron chi connectivity index (χ4n) is 3.57.